The fourth-order valence-electron chi connectivity index (χ4n) is 2.03. The largest absolute Gasteiger partial charge is 0.480 e. The number of benzene rings is 2. The first-order valence-electron chi connectivity index (χ1n) is 6.51. The fourth-order valence-corrected chi connectivity index (χ4v) is 2.03. The molecule has 2 N–H and O–H groups in total. The van der Waals surface area contributed by atoms with Crippen molar-refractivity contribution in [3.63, 3.8) is 0 Å². The van der Waals surface area contributed by atoms with Crippen LogP contribution in [0.3, 0.4) is 0 Å². The van der Waals surface area contributed by atoms with Crippen LogP contribution in [0.1, 0.15) is 25.3 Å². The van der Waals surface area contributed by atoms with Gasteiger partial charge in [0, 0.05) is 0 Å². The van der Waals surface area contributed by atoms with Crippen molar-refractivity contribution in [2.75, 3.05) is 0 Å². The van der Waals surface area contributed by atoms with Gasteiger partial charge in [0.2, 0.25) is 5.91 Å². The normalized spacial score (nSPS) is 13.7. The monoisotopic (exact) mass is 271 g/mol. The molecule has 1 amide bonds. The summed E-state index contributed by atoms with van der Waals surface area (Å²) in [6.45, 7) is 3.22. The molecular formula is C16H17NO3. The van der Waals surface area contributed by atoms with Crippen molar-refractivity contribution >= 4 is 22.6 Å². The Labute approximate surface area is 117 Å². The van der Waals surface area contributed by atoms with Gasteiger partial charge in [-0.3, -0.25) is 9.59 Å². The SMILES string of the molecule is CC(NC(=O)C(C)c1ccc2ccccc2c1)C(=O)O. The number of rotatable bonds is 4. The van der Waals surface area contributed by atoms with Gasteiger partial charge < -0.3 is 10.4 Å². The average molecular weight is 271 g/mol. The lowest BCUT2D eigenvalue weighted by Gasteiger charge is -2.15. The van der Waals surface area contributed by atoms with Gasteiger partial charge >= 0.3 is 5.97 Å². The van der Waals surface area contributed by atoms with E-state index in [-0.39, 0.29) is 11.8 Å². The molecule has 0 bridgehead atoms. The summed E-state index contributed by atoms with van der Waals surface area (Å²) in [4.78, 5) is 22.8. The Morgan fingerprint density at radius 2 is 1.70 bits per heavy atom. The smallest absolute Gasteiger partial charge is 0.325 e. The number of aliphatic carboxylic acids is 1. The molecule has 0 aliphatic rings. The van der Waals surface area contributed by atoms with Crippen molar-refractivity contribution in [1.82, 2.24) is 5.32 Å². The van der Waals surface area contributed by atoms with Gasteiger partial charge in [0.1, 0.15) is 6.04 Å². The second-order valence-electron chi connectivity index (χ2n) is 4.90. The summed E-state index contributed by atoms with van der Waals surface area (Å²) in [6, 6.07) is 12.9. The van der Waals surface area contributed by atoms with Crippen molar-refractivity contribution in [3.8, 4) is 0 Å². The molecular weight excluding hydrogens is 254 g/mol. The van der Waals surface area contributed by atoms with E-state index >= 15 is 0 Å². The van der Waals surface area contributed by atoms with E-state index in [1.165, 1.54) is 6.92 Å². The molecule has 0 saturated heterocycles. The van der Waals surface area contributed by atoms with E-state index in [0.717, 1.165) is 16.3 Å². The van der Waals surface area contributed by atoms with Crippen LogP contribution >= 0.6 is 0 Å². The molecule has 0 aliphatic heterocycles. The molecule has 0 spiro atoms. The van der Waals surface area contributed by atoms with Crippen LogP contribution in [0.2, 0.25) is 0 Å². The van der Waals surface area contributed by atoms with Crippen LogP contribution in [0.15, 0.2) is 42.5 Å². The summed E-state index contributed by atoms with van der Waals surface area (Å²) in [5.41, 5.74) is 0.874. The van der Waals surface area contributed by atoms with Crippen LogP contribution in [0.5, 0.6) is 0 Å². The van der Waals surface area contributed by atoms with Crippen molar-refractivity contribution in [2.45, 2.75) is 25.8 Å². The minimum absolute atomic E-state index is 0.282. The van der Waals surface area contributed by atoms with Gasteiger partial charge in [0.05, 0.1) is 5.92 Å². The first-order valence-corrected chi connectivity index (χ1v) is 6.51. The topological polar surface area (TPSA) is 66.4 Å². The Morgan fingerprint density at radius 3 is 2.35 bits per heavy atom. The predicted molar refractivity (Wildman–Crippen MR) is 77.6 cm³/mol. The highest BCUT2D eigenvalue weighted by Gasteiger charge is 2.20. The number of hydrogen-bond acceptors (Lipinski definition) is 2. The lowest BCUT2D eigenvalue weighted by Crippen LogP contribution is -2.40. The number of carboxylic acid groups (broad SMARTS) is 1. The first kappa shape index (κ1) is 14.1. The van der Waals surface area contributed by atoms with Gasteiger partial charge in [-0.25, -0.2) is 0 Å². The molecule has 20 heavy (non-hydrogen) atoms. The second-order valence-corrected chi connectivity index (χ2v) is 4.90. The van der Waals surface area contributed by atoms with Crippen molar-refractivity contribution in [1.29, 1.82) is 0 Å². The number of carboxylic acids is 1. The van der Waals surface area contributed by atoms with Crippen molar-refractivity contribution in [3.05, 3.63) is 48.0 Å². The van der Waals surface area contributed by atoms with Gasteiger partial charge in [-0.1, -0.05) is 42.5 Å². The molecule has 104 valence electrons. The minimum atomic E-state index is -1.04. The molecule has 0 fully saturated rings. The van der Waals surface area contributed by atoms with Crippen molar-refractivity contribution < 1.29 is 14.7 Å². The van der Waals surface area contributed by atoms with E-state index < -0.39 is 12.0 Å². The molecule has 4 heteroatoms. The maximum absolute atomic E-state index is 12.0. The molecule has 0 aromatic heterocycles. The summed E-state index contributed by atoms with van der Waals surface area (Å²) < 4.78 is 0. The quantitative estimate of drug-likeness (QED) is 0.898. The summed E-state index contributed by atoms with van der Waals surface area (Å²) in [6.07, 6.45) is 0. The number of nitrogens with one attached hydrogen (secondary N) is 1. The Morgan fingerprint density at radius 1 is 1.05 bits per heavy atom. The number of hydrogen-bond donors (Lipinski definition) is 2. The second kappa shape index (κ2) is 5.74. The van der Waals surface area contributed by atoms with E-state index in [0.29, 0.717) is 0 Å². The third-order valence-corrected chi connectivity index (χ3v) is 3.40. The highest BCUT2D eigenvalue weighted by atomic mass is 16.4. The molecule has 2 aromatic carbocycles. The molecule has 2 aromatic rings. The lowest BCUT2D eigenvalue weighted by atomic mass is 9.97. The van der Waals surface area contributed by atoms with Gasteiger partial charge in [-0.15, -0.1) is 0 Å². The Kier molecular flexibility index (Phi) is 4.03. The van der Waals surface area contributed by atoms with Crippen LogP contribution in [-0.4, -0.2) is 23.0 Å². The molecule has 2 unspecified atom stereocenters. The molecule has 0 radical (unpaired) electrons. The summed E-state index contributed by atoms with van der Waals surface area (Å²) in [5, 5.41) is 13.5. The molecule has 0 heterocycles. The first-order chi connectivity index (χ1) is 9.49. The number of carbonyl (C=O) groups is 2. The van der Waals surface area contributed by atoms with E-state index in [2.05, 4.69) is 5.32 Å². The summed E-state index contributed by atoms with van der Waals surface area (Å²) in [5.74, 6) is -1.71. The van der Waals surface area contributed by atoms with Gasteiger partial charge in [0.25, 0.3) is 0 Å². The Hall–Kier alpha value is -2.36. The van der Waals surface area contributed by atoms with Crippen LogP contribution in [0.4, 0.5) is 0 Å². The standard InChI is InChI=1S/C16H17NO3/c1-10(15(18)17-11(2)16(19)20)13-8-7-12-5-3-4-6-14(12)9-13/h3-11H,1-2H3,(H,17,18)(H,19,20). The van der Waals surface area contributed by atoms with Crippen LogP contribution in [0.25, 0.3) is 10.8 Å². The Balaban J connectivity index is 2.20. The fraction of sp³-hybridized carbons (Fsp3) is 0.250. The van der Waals surface area contributed by atoms with Crippen LogP contribution in [-0.2, 0) is 9.59 Å². The highest BCUT2D eigenvalue weighted by Crippen LogP contribution is 2.21. The zero-order chi connectivity index (χ0) is 14.7. The average Bonchev–Trinajstić information content (AvgIpc) is 2.45. The van der Waals surface area contributed by atoms with E-state index in [9.17, 15) is 9.59 Å². The zero-order valence-electron chi connectivity index (χ0n) is 11.5. The predicted octanol–water partition coefficient (Wildman–Crippen LogP) is 2.53. The third kappa shape index (κ3) is 2.96. The maximum atomic E-state index is 12.0. The number of fused-ring (bicyclic) bond motifs is 1. The number of carbonyl (C=O) groups excluding carboxylic acids is 1. The molecule has 4 nitrogen and oxygen atoms in total. The van der Waals surface area contributed by atoms with Gasteiger partial charge in [-0.2, -0.15) is 0 Å². The minimum Gasteiger partial charge on any atom is -0.480 e. The zero-order valence-corrected chi connectivity index (χ0v) is 11.5. The van der Waals surface area contributed by atoms with E-state index in [1.54, 1.807) is 6.92 Å². The third-order valence-electron chi connectivity index (χ3n) is 3.40. The summed E-state index contributed by atoms with van der Waals surface area (Å²) >= 11 is 0. The maximum Gasteiger partial charge on any atom is 0.325 e. The summed E-state index contributed by atoms with van der Waals surface area (Å²) in [7, 11) is 0. The molecule has 2 atom stereocenters. The van der Waals surface area contributed by atoms with Crippen LogP contribution in [0, 0.1) is 0 Å². The van der Waals surface area contributed by atoms with Crippen LogP contribution < -0.4 is 5.32 Å². The number of amides is 1. The van der Waals surface area contributed by atoms with Crippen molar-refractivity contribution in [2.24, 2.45) is 0 Å². The Bertz CT molecular complexity index is 651. The highest BCUT2D eigenvalue weighted by molar-refractivity contribution is 5.89. The molecule has 2 rings (SSSR count). The van der Waals surface area contributed by atoms with Gasteiger partial charge in [0.15, 0.2) is 0 Å². The molecule has 0 saturated carbocycles. The van der Waals surface area contributed by atoms with E-state index in [4.69, 9.17) is 5.11 Å². The lowest BCUT2D eigenvalue weighted by molar-refractivity contribution is -0.141. The van der Waals surface area contributed by atoms with Gasteiger partial charge in [-0.05, 0) is 30.2 Å². The van der Waals surface area contributed by atoms with E-state index in [1.807, 2.05) is 42.5 Å². The molecule has 0 aliphatic carbocycles.